The van der Waals surface area contributed by atoms with E-state index in [2.05, 4.69) is 42.2 Å². The highest BCUT2D eigenvalue weighted by atomic mass is 32.1. The van der Waals surface area contributed by atoms with Crippen LogP contribution in [-0.4, -0.2) is 14.5 Å². The average molecular weight is 249 g/mol. The second kappa shape index (κ2) is 3.95. The number of aromatic nitrogens is 3. The number of aryl methyl sites for hydroxylation is 1. The lowest BCUT2D eigenvalue weighted by Crippen LogP contribution is -2.21. The summed E-state index contributed by atoms with van der Waals surface area (Å²) in [6, 6.07) is 4.34. The maximum Gasteiger partial charge on any atom is 0.179 e. The standard InChI is InChI=1S/C13H19N3S/c1-8-6-7-10-11(14-8)16(12(17)15-10)9(2)13(3,4)5/h6-7,9H,1-5H3,(H,15,17). The molecule has 0 aliphatic carbocycles. The molecule has 2 aromatic rings. The van der Waals surface area contributed by atoms with Gasteiger partial charge in [0.15, 0.2) is 10.4 Å². The van der Waals surface area contributed by atoms with Crippen molar-refractivity contribution in [3.63, 3.8) is 0 Å². The number of rotatable bonds is 1. The summed E-state index contributed by atoms with van der Waals surface area (Å²) in [6.07, 6.45) is 0. The van der Waals surface area contributed by atoms with Gasteiger partial charge in [0.2, 0.25) is 0 Å². The highest BCUT2D eigenvalue weighted by molar-refractivity contribution is 7.71. The van der Waals surface area contributed by atoms with E-state index in [0.717, 1.165) is 21.6 Å². The minimum atomic E-state index is 0.152. The lowest BCUT2D eigenvalue weighted by atomic mass is 9.88. The molecule has 2 rings (SSSR count). The van der Waals surface area contributed by atoms with Crippen molar-refractivity contribution in [1.82, 2.24) is 14.5 Å². The Bertz CT molecular complexity index is 601. The van der Waals surface area contributed by atoms with Gasteiger partial charge in [-0.15, -0.1) is 0 Å². The summed E-state index contributed by atoms with van der Waals surface area (Å²) in [5, 5.41) is 0. The summed E-state index contributed by atoms with van der Waals surface area (Å²) >= 11 is 5.41. The Morgan fingerprint density at radius 2 is 2.00 bits per heavy atom. The van der Waals surface area contributed by atoms with Crippen molar-refractivity contribution in [2.24, 2.45) is 5.41 Å². The first kappa shape index (κ1) is 12.3. The van der Waals surface area contributed by atoms with E-state index in [4.69, 9.17) is 12.2 Å². The maximum atomic E-state index is 5.41. The maximum absolute atomic E-state index is 5.41. The van der Waals surface area contributed by atoms with Crippen LogP contribution in [0.15, 0.2) is 12.1 Å². The molecule has 0 saturated heterocycles. The van der Waals surface area contributed by atoms with Gasteiger partial charge < -0.3 is 4.98 Å². The van der Waals surface area contributed by atoms with Gasteiger partial charge in [-0.05, 0) is 43.6 Å². The Morgan fingerprint density at radius 3 is 2.59 bits per heavy atom. The second-order valence-electron chi connectivity index (χ2n) is 5.67. The van der Waals surface area contributed by atoms with Gasteiger partial charge in [-0.3, -0.25) is 4.57 Å². The van der Waals surface area contributed by atoms with Crippen LogP contribution < -0.4 is 0 Å². The number of nitrogens with zero attached hydrogens (tertiary/aromatic N) is 2. The first-order valence-corrected chi connectivity index (χ1v) is 6.29. The molecular weight excluding hydrogens is 230 g/mol. The summed E-state index contributed by atoms with van der Waals surface area (Å²) in [5.74, 6) is 0. The zero-order valence-electron chi connectivity index (χ0n) is 11.0. The molecule has 0 aromatic carbocycles. The SMILES string of the molecule is Cc1ccc2[nH]c(=S)n(C(C)C(C)(C)C)c2n1. The van der Waals surface area contributed by atoms with Crippen LogP contribution in [0.4, 0.5) is 0 Å². The lowest BCUT2D eigenvalue weighted by Gasteiger charge is -2.28. The van der Waals surface area contributed by atoms with Gasteiger partial charge in [0.1, 0.15) is 0 Å². The Morgan fingerprint density at radius 1 is 1.35 bits per heavy atom. The van der Waals surface area contributed by atoms with Gasteiger partial charge in [0, 0.05) is 11.7 Å². The molecule has 0 bridgehead atoms. The molecule has 0 spiro atoms. The second-order valence-corrected chi connectivity index (χ2v) is 6.05. The van der Waals surface area contributed by atoms with Crippen molar-refractivity contribution in [3.8, 4) is 0 Å². The van der Waals surface area contributed by atoms with Crippen LogP contribution in [0.25, 0.3) is 11.2 Å². The number of imidazole rings is 1. The molecule has 0 saturated carbocycles. The number of hydrogen-bond acceptors (Lipinski definition) is 2. The summed E-state index contributed by atoms with van der Waals surface area (Å²) in [4.78, 5) is 7.82. The van der Waals surface area contributed by atoms with Crippen LogP contribution >= 0.6 is 12.2 Å². The number of H-pyrrole nitrogens is 1. The van der Waals surface area contributed by atoms with Gasteiger partial charge in [0.05, 0.1) is 5.52 Å². The van der Waals surface area contributed by atoms with Gasteiger partial charge >= 0.3 is 0 Å². The zero-order chi connectivity index (χ0) is 12.8. The van der Waals surface area contributed by atoms with Gasteiger partial charge in [-0.25, -0.2) is 4.98 Å². The molecule has 92 valence electrons. The monoisotopic (exact) mass is 249 g/mol. The van der Waals surface area contributed by atoms with Crippen molar-refractivity contribution in [3.05, 3.63) is 22.6 Å². The van der Waals surface area contributed by atoms with Crippen molar-refractivity contribution < 1.29 is 0 Å². The fourth-order valence-corrected chi connectivity index (χ4v) is 2.20. The molecule has 1 atom stereocenters. The third-order valence-corrected chi connectivity index (χ3v) is 3.64. The first-order valence-electron chi connectivity index (χ1n) is 5.88. The molecule has 0 aliphatic rings. The Kier molecular flexibility index (Phi) is 2.86. The molecule has 1 N–H and O–H groups in total. The van der Waals surface area contributed by atoms with Gasteiger partial charge in [-0.2, -0.15) is 0 Å². The zero-order valence-corrected chi connectivity index (χ0v) is 11.9. The van der Waals surface area contributed by atoms with E-state index >= 15 is 0 Å². The molecule has 3 nitrogen and oxygen atoms in total. The van der Waals surface area contributed by atoms with Crippen molar-refractivity contribution in [1.29, 1.82) is 0 Å². The highest BCUT2D eigenvalue weighted by Crippen LogP contribution is 2.32. The molecule has 17 heavy (non-hydrogen) atoms. The van der Waals surface area contributed by atoms with Crippen LogP contribution in [0.1, 0.15) is 39.4 Å². The molecular formula is C13H19N3S. The van der Waals surface area contributed by atoms with Gasteiger partial charge in [-0.1, -0.05) is 20.8 Å². The first-order chi connectivity index (χ1) is 7.80. The van der Waals surface area contributed by atoms with E-state index < -0.39 is 0 Å². The number of fused-ring (bicyclic) bond motifs is 1. The van der Waals surface area contributed by atoms with Crippen molar-refractivity contribution >= 4 is 23.4 Å². The third kappa shape index (κ3) is 2.14. The lowest BCUT2D eigenvalue weighted by molar-refractivity contribution is 0.264. The van der Waals surface area contributed by atoms with E-state index in [-0.39, 0.29) is 5.41 Å². The van der Waals surface area contributed by atoms with E-state index in [0.29, 0.717) is 6.04 Å². The third-order valence-electron chi connectivity index (χ3n) is 3.34. The predicted octanol–water partition coefficient (Wildman–Crippen LogP) is 4.01. The molecule has 0 aliphatic heterocycles. The number of hydrogen-bond donors (Lipinski definition) is 1. The van der Waals surface area contributed by atoms with Crippen molar-refractivity contribution in [2.45, 2.75) is 40.7 Å². The smallest absolute Gasteiger partial charge is 0.179 e. The topological polar surface area (TPSA) is 33.6 Å². The fourth-order valence-electron chi connectivity index (χ4n) is 1.84. The molecule has 0 amide bonds. The predicted molar refractivity (Wildman–Crippen MR) is 73.8 cm³/mol. The highest BCUT2D eigenvalue weighted by Gasteiger charge is 2.24. The molecule has 2 aromatic heterocycles. The van der Waals surface area contributed by atoms with Crippen LogP contribution in [-0.2, 0) is 0 Å². The number of aromatic amines is 1. The summed E-state index contributed by atoms with van der Waals surface area (Å²) in [6.45, 7) is 10.8. The quantitative estimate of drug-likeness (QED) is 0.775. The van der Waals surface area contributed by atoms with E-state index in [1.54, 1.807) is 0 Å². The van der Waals surface area contributed by atoms with Crippen LogP contribution in [0.5, 0.6) is 0 Å². The fraction of sp³-hybridized carbons (Fsp3) is 0.538. The van der Waals surface area contributed by atoms with Crippen LogP contribution in [0.2, 0.25) is 0 Å². The average Bonchev–Trinajstić information content (AvgIpc) is 2.51. The minimum absolute atomic E-state index is 0.152. The number of pyridine rings is 1. The summed E-state index contributed by atoms with van der Waals surface area (Å²) in [7, 11) is 0. The van der Waals surface area contributed by atoms with E-state index in [9.17, 15) is 0 Å². The molecule has 4 heteroatoms. The molecule has 0 fully saturated rings. The normalized spacial score (nSPS) is 14.2. The van der Waals surface area contributed by atoms with Crippen molar-refractivity contribution in [2.75, 3.05) is 0 Å². The van der Waals surface area contributed by atoms with Gasteiger partial charge in [0.25, 0.3) is 0 Å². The largest absolute Gasteiger partial charge is 0.329 e. The minimum Gasteiger partial charge on any atom is -0.329 e. The molecule has 0 radical (unpaired) electrons. The Labute approximate surface area is 107 Å². The Balaban J connectivity index is 2.72. The van der Waals surface area contributed by atoms with Crippen LogP contribution in [0.3, 0.4) is 0 Å². The number of nitrogens with one attached hydrogen (secondary N) is 1. The summed E-state index contributed by atoms with van der Waals surface area (Å²) < 4.78 is 2.87. The molecule has 1 unspecified atom stereocenters. The molecule has 2 heterocycles. The Hall–Kier alpha value is -1.16. The summed E-state index contributed by atoms with van der Waals surface area (Å²) in [5.41, 5.74) is 3.13. The van der Waals surface area contributed by atoms with E-state index in [1.165, 1.54) is 0 Å². The van der Waals surface area contributed by atoms with Crippen LogP contribution in [0, 0.1) is 17.1 Å². The van der Waals surface area contributed by atoms with E-state index in [1.807, 2.05) is 19.1 Å².